The number of hydrogen-bond acceptors (Lipinski definition) is 6. The van der Waals surface area contributed by atoms with Gasteiger partial charge in [0.2, 0.25) is 0 Å². The smallest absolute Gasteiger partial charge is 0.135 e. The average Bonchev–Trinajstić information content (AvgIpc) is 3.55. The van der Waals surface area contributed by atoms with E-state index >= 15 is 0 Å². The van der Waals surface area contributed by atoms with Crippen LogP contribution in [0.15, 0.2) is 61.6 Å². The summed E-state index contributed by atoms with van der Waals surface area (Å²) in [5, 5.41) is 12.1. The lowest BCUT2D eigenvalue weighted by Crippen LogP contribution is -2.09. The third-order valence-electron chi connectivity index (χ3n) is 5.67. The van der Waals surface area contributed by atoms with Gasteiger partial charge >= 0.3 is 0 Å². The Kier molecular flexibility index (Phi) is 4.61. The van der Waals surface area contributed by atoms with Gasteiger partial charge in [0.05, 0.1) is 58.2 Å². The summed E-state index contributed by atoms with van der Waals surface area (Å²) in [5.74, 6) is 0. The van der Waals surface area contributed by atoms with Gasteiger partial charge in [-0.05, 0) is 45.0 Å². The van der Waals surface area contributed by atoms with E-state index in [1.807, 2.05) is 54.6 Å². The van der Waals surface area contributed by atoms with Crippen molar-refractivity contribution in [3.63, 3.8) is 0 Å². The van der Waals surface area contributed by atoms with E-state index in [4.69, 9.17) is 4.98 Å². The quantitative estimate of drug-likeness (QED) is 0.346. The number of H-pyrrole nitrogens is 2. The van der Waals surface area contributed by atoms with Gasteiger partial charge in [-0.15, -0.1) is 0 Å². The van der Waals surface area contributed by atoms with Gasteiger partial charge in [0.15, 0.2) is 0 Å². The minimum Gasteiger partial charge on any atom is -0.382 e. The maximum absolute atomic E-state index is 4.94. The Morgan fingerprint density at radius 1 is 1.00 bits per heavy atom. The number of aromatic nitrogens is 8. The third kappa shape index (κ3) is 3.47. The number of fused-ring (bicyclic) bond motifs is 2. The first-order valence-corrected chi connectivity index (χ1v) is 11.1. The summed E-state index contributed by atoms with van der Waals surface area (Å²) in [7, 11) is 0. The normalized spacial score (nSPS) is 11.6. The van der Waals surface area contributed by atoms with Crippen LogP contribution >= 0.6 is 0 Å². The van der Waals surface area contributed by atoms with Gasteiger partial charge < -0.3 is 14.9 Å². The molecule has 6 rings (SSSR count). The minimum absolute atomic E-state index is 0.320. The maximum Gasteiger partial charge on any atom is 0.135 e. The molecule has 168 valence electrons. The van der Waals surface area contributed by atoms with Crippen LogP contribution in [0.5, 0.6) is 0 Å². The van der Waals surface area contributed by atoms with E-state index in [0.29, 0.717) is 6.04 Å². The summed E-state index contributed by atoms with van der Waals surface area (Å²) in [5.41, 5.74) is 8.84. The number of anilines is 1. The van der Waals surface area contributed by atoms with E-state index in [1.54, 1.807) is 6.33 Å². The first-order valence-electron chi connectivity index (χ1n) is 11.1. The Bertz CT molecular complexity index is 1640. The molecule has 0 aliphatic rings. The third-order valence-corrected chi connectivity index (χ3v) is 5.67. The monoisotopic (exact) mass is 449 g/mol. The van der Waals surface area contributed by atoms with E-state index in [-0.39, 0.29) is 0 Å². The van der Waals surface area contributed by atoms with Crippen molar-refractivity contribution in [2.24, 2.45) is 0 Å². The second kappa shape index (κ2) is 7.80. The zero-order valence-electron chi connectivity index (χ0n) is 19.0. The Labute approximate surface area is 195 Å². The summed E-state index contributed by atoms with van der Waals surface area (Å²) in [6.07, 6.45) is 11.1. The summed E-state index contributed by atoms with van der Waals surface area (Å²) >= 11 is 0. The number of nitrogens with zero attached hydrogens (tertiary/aromatic N) is 6. The van der Waals surface area contributed by atoms with Crippen molar-refractivity contribution < 1.29 is 0 Å². The molecule has 34 heavy (non-hydrogen) atoms. The van der Waals surface area contributed by atoms with Crippen LogP contribution in [0, 0.1) is 6.92 Å². The number of pyridine rings is 3. The van der Waals surface area contributed by atoms with E-state index in [2.05, 4.69) is 61.4 Å². The first kappa shape index (κ1) is 20.1. The number of hydrogen-bond donors (Lipinski definition) is 3. The van der Waals surface area contributed by atoms with Gasteiger partial charge in [0, 0.05) is 35.6 Å². The van der Waals surface area contributed by atoms with E-state index < -0.39 is 0 Å². The van der Waals surface area contributed by atoms with Crippen LogP contribution in [0.1, 0.15) is 19.5 Å². The Balaban J connectivity index is 1.45. The Hall–Kier alpha value is -4.53. The van der Waals surface area contributed by atoms with Gasteiger partial charge in [-0.2, -0.15) is 5.10 Å². The number of rotatable bonds is 5. The molecule has 6 aromatic heterocycles. The summed E-state index contributed by atoms with van der Waals surface area (Å²) in [6, 6.07) is 8.45. The highest BCUT2D eigenvalue weighted by atomic mass is 15.1. The van der Waals surface area contributed by atoms with E-state index in [9.17, 15) is 0 Å². The molecule has 0 aromatic carbocycles. The van der Waals surface area contributed by atoms with Gasteiger partial charge in [0.25, 0.3) is 0 Å². The molecule has 0 atom stereocenters. The molecule has 0 aliphatic carbocycles. The van der Waals surface area contributed by atoms with Crippen LogP contribution in [0.25, 0.3) is 50.3 Å². The lowest BCUT2D eigenvalue weighted by molar-refractivity contribution is 0.898. The van der Waals surface area contributed by atoms with E-state index in [1.165, 1.54) is 0 Å². The van der Waals surface area contributed by atoms with Crippen molar-refractivity contribution in [3.05, 3.63) is 67.3 Å². The number of aromatic amines is 2. The van der Waals surface area contributed by atoms with Gasteiger partial charge in [-0.3, -0.25) is 15.1 Å². The Morgan fingerprint density at radius 3 is 2.71 bits per heavy atom. The van der Waals surface area contributed by atoms with Crippen LogP contribution in [0.4, 0.5) is 5.69 Å². The van der Waals surface area contributed by atoms with Crippen LogP contribution in [0.2, 0.25) is 0 Å². The molecular weight excluding hydrogens is 426 g/mol. The standard InChI is InChI=1S/C25H23N9/c1-14(2)29-17-6-16(8-26-9-17)19-4-5-20-24(31-19)25(33-32-20)21-7-18-22(30-21)10-27-11-23(18)34-12-15(3)28-13-34/h4-14,29-30H,1-3H3,(H,32,33). The average molecular weight is 450 g/mol. The lowest BCUT2D eigenvalue weighted by atomic mass is 10.1. The molecule has 0 amide bonds. The lowest BCUT2D eigenvalue weighted by Gasteiger charge is -2.10. The molecule has 6 heterocycles. The highest BCUT2D eigenvalue weighted by Gasteiger charge is 2.16. The van der Waals surface area contributed by atoms with Gasteiger partial charge in [-0.1, -0.05) is 0 Å². The summed E-state index contributed by atoms with van der Waals surface area (Å²) in [4.78, 5) is 21.5. The number of nitrogens with one attached hydrogen (secondary N) is 3. The van der Waals surface area contributed by atoms with Crippen molar-refractivity contribution in [3.8, 4) is 28.3 Å². The van der Waals surface area contributed by atoms with Crippen LogP contribution in [-0.2, 0) is 0 Å². The molecule has 6 aromatic rings. The molecule has 0 saturated carbocycles. The molecule has 3 N–H and O–H groups in total. The summed E-state index contributed by atoms with van der Waals surface area (Å²) < 4.78 is 1.98. The topological polar surface area (TPSA) is 113 Å². The van der Waals surface area contributed by atoms with Crippen molar-refractivity contribution in [2.45, 2.75) is 26.8 Å². The van der Waals surface area contributed by atoms with Crippen LogP contribution in [0.3, 0.4) is 0 Å². The van der Waals surface area contributed by atoms with Crippen molar-refractivity contribution in [1.29, 1.82) is 0 Å². The zero-order chi connectivity index (χ0) is 23.2. The van der Waals surface area contributed by atoms with Crippen LogP contribution in [-0.4, -0.2) is 45.7 Å². The molecule has 0 unspecified atom stereocenters. The maximum atomic E-state index is 4.94. The molecule has 0 radical (unpaired) electrons. The molecule has 0 saturated heterocycles. The predicted octanol–water partition coefficient (Wildman–Crippen LogP) is 4.88. The van der Waals surface area contributed by atoms with Crippen LogP contribution < -0.4 is 5.32 Å². The Morgan fingerprint density at radius 2 is 1.88 bits per heavy atom. The van der Waals surface area contributed by atoms with Gasteiger partial charge in [-0.25, -0.2) is 9.97 Å². The fraction of sp³-hybridized carbons (Fsp3) is 0.160. The fourth-order valence-electron chi connectivity index (χ4n) is 4.16. The number of aryl methyl sites for hydroxylation is 1. The molecule has 0 aliphatic heterocycles. The SMILES string of the molecule is Cc1cn(-c2cncc3[nH]c(-c4n[nH]c5ccc(-c6cncc(NC(C)C)c6)nc45)cc23)cn1. The van der Waals surface area contributed by atoms with Crippen molar-refractivity contribution >= 4 is 27.6 Å². The molecule has 9 nitrogen and oxygen atoms in total. The first-order chi connectivity index (χ1) is 16.5. The molecular formula is C25H23N9. The molecule has 9 heteroatoms. The second-order valence-electron chi connectivity index (χ2n) is 8.65. The highest BCUT2D eigenvalue weighted by Crippen LogP contribution is 2.31. The highest BCUT2D eigenvalue weighted by molar-refractivity contribution is 5.96. The molecule has 0 fully saturated rings. The number of imidazole rings is 1. The van der Waals surface area contributed by atoms with Crippen molar-refractivity contribution in [1.82, 2.24) is 39.7 Å². The largest absolute Gasteiger partial charge is 0.382 e. The van der Waals surface area contributed by atoms with Gasteiger partial charge in [0.1, 0.15) is 11.2 Å². The minimum atomic E-state index is 0.320. The second-order valence-corrected chi connectivity index (χ2v) is 8.65. The fourth-order valence-corrected chi connectivity index (χ4v) is 4.16. The zero-order valence-corrected chi connectivity index (χ0v) is 19.0. The molecule has 0 bridgehead atoms. The van der Waals surface area contributed by atoms with E-state index in [0.717, 1.165) is 61.7 Å². The summed E-state index contributed by atoms with van der Waals surface area (Å²) in [6.45, 7) is 6.17. The predicted molar refractivity (Wildman–Crippen MR) is 133 cm³/mol. The van der Waals surface area contributed by atoms with Crippen molar-refractivity contribution in [2.75, 3.05) is 5.32 Å². The molecule has 0 spiro atoms.